The number of hydrogen-bond acceptors (Lipinski definition) is 4. The van der Waals surface area contributed by atoms with E-state index in [0.29, 0.717) is 12.1 Å². The van der Waals surface area contributed by atoms with Gasteiger partial charge in [-0.05, 0) is 49.1 Å². The topological polar surface area (TPSA) is 62.3 Å². The molecule has 0 amide bonds. The summed E-state index contributed by atoms with van der Waals surface area (Å²) in [5, 5.41) is 0.832. The summed E-state index contributed by atoms with van der Waals surface area (Å²) in [7, 11) is -3.55. The number of aromatic nitrogens is 1. The average Bonchev–Trinajstić information content (AvgIpc) is 2.75. The minimum Gasteiger partial charge on any atom is -0.299 e. The van der Waals surface area contributed by atoms with Crippen LogP contribution in [0.15, 0.2) is 65.7 Å². The molecule has 1 aliphatic heterocycles. The Kier molecular flexibility index (Phi) is 7.83. The van der Waals surface area contributed by atoms with Gasteiger partial charge in [0.2, 0.25) is 10.0 Å². The van der Waals surface area contributed by atoms with E-state index >= 15 is 0 Å². The van der Waals surface area contributed by atoms with E-state index in [9.17, 15) is 8.42 Å². The zero-order chi connectivity index (χ0) is 20.1. The molecular weight excluding hydrogens is 418 g/mol. The van der Waals surface area contributed by atoms with Crippen molar-refractivity contribution in [1.82, 2.24) is 14.6 Å². The quantitative estimate of drug-likeness (QED) is 0.529. The van der Waals surface area contributed by atoms with Gasteiger partial charge in [0.25, 0.3) is 0 Å². The van der Waals surface area contributed by atoms with Crippen LogP contribution in [-0.4, -0.2) is 37.9 Å². The highest BCUT2D eigenvalue weighted by atomic mass is 35.5. The van der Waals surface area contributed by atoms with E-state index in [0.717, 1.165) is 50.7 Å². The molecule has 0 fully saturated rings. The van der Waals surface area contributed by atoms with Crippen molar-refractivity contribution in [2.24, 2.45) is 0 Å². The lowest BCUT2D eigenvalue weighted by molar-refractivity contribution is 0.248. The molecule has 0 unspecified atom stereocenters. The van der Waals surface area contributed by atoms with Gasteiger partial charge in [-0.25, -0.2) is 13.1 Å². The molecule has 1 N–H and O–H groups in total. The summed E-state index contributed by atoms with van der Waals surface area (Å²) in [4.78, 5) is 6.99. The molecule has 0 saturated heterocycles. The van der Waals surface area contributed by atoms with Gasteiger partial charge < -0.3 is 0 Å². The van der Waals surface area contributed by atoms with Gasteiger partial charge in [0.05, 0.1) is 5.52 Å². The third-order valence-corrected chi connectivity index (χ3v) is 7.03. The molecule has 1 aromatic heterocycles. The summed E-state index contributed by atoms with van der Waals surface area (Å²) in [6, 6.07) is 17.6. The molecule has 0 spiro atoms. The second-order valence-electron chi connectivity index (χ2n) is 7.58. The van der Waals surface area contributed by atoms with E-state index in [1.165, 1.54) is 11.1 Å². The summed E-state index contributed by atoms with van der Waals surface area (Å²) in [6.07, 6.45) is 5.67. The van der Waals surface area contributed by atoms with Gasteiger partial charge >= 0.3 is 0 Å². The summed E-state index contributed by atoms with van der Waals surface area (Å²) in [5.41, 5.74) is 3.43. The first-order valence-electron chi connectivity index (χ1n) is 10.3. The molecule has 1 aliphatic rings. The van der Waals surface area contributed by atoms with E-state index < -0.39 is 10.0 Å². The molecule has 4 rings (SSSR count). The normalized spacial score (nSPS) is 14.3. The number of hydrogen-bond donors (Lipinski definition) is 1. The standard InChI is InChI=1S/C23H27N3O2S.ClH/c27-29(28,22-12-6-10-20-11-7-14-24-23(20)22)25-15-4-1-5-16-26-17-13-19-8-2-3-9-21(19)18-26;/h2-3,6-12,14,25H,1,4-5,13,15-18H2;1H. The molecule has 5 nitrogen and oxygen atoms in total. The van der Waals surface area contributed by atoms with E-state index in [1.807, 2.05) is 18.2 Å². The number of fused-ring (bicyclic) bond motifs is 2. The zero-order valence-electron chi connectivity index (χ0n) is 17.0. The molecule has 2 heterocycles. The van der Waals surface area contributed by atoms with Crippen molar-refractivity contribution in [2.45, 2.75) is 37.1 Å². The second-order valence-corrected chi connectivity index (χ2v) is 9.32. The number of benzene rings is 2. The van der Waals surface area contributed by atoms with Crippen LogP contribution in [0.1, 0.15) is 30.4 Å². The van der Waals surface area contributed by atoms with Crippen LogP contribution >= 0.6 is 12.4 Å². The van der Waals surface area contributed by atoms with Crippen molar-refractivity contribution in [1.29, 1.82) is 0 Å². The Morgan fingerprint density at radius 2 is 1.73 bits per heavy atom. The Morgan fingerprint density at radius 1 is 0.933 bits per heavy atom. The van der Waals surface area contributed by atoms with Crippen LogP contribution in [0.25, 0.3) is 10.9 Å². The summed E-state index contributed by atoms with van der Waals surface area (Å²) in [5.74, 6) is 0. The first-order valence-corrected chi connectivity index (χ1v) is 11.7. The summed E-state index contributed by atoms with van der Waals surface area (Å²) in [6.45, 7) is 3.65. The number of nitrogens with one attached hydrogen (secondary N) is 1. The fraction of sp³-hybridized carbons (Fsp3) is 0.348. The van der Waals surface area contributed by atoms with E-state index in [4.69, 9.17) is 0 Å². The highest BCUT2D eigenvalue weighted by Gasteiger charge is 2.18. The van der Waals surface area contributed by atoms with Crippen molar-refractivity contribution < 1.29 is 8.42 Å². The number of pyridine rings is 1. The van der Waals surface area contributed by atoms with Crippen molar-refractivity contribution in [2.75, 3.05) is 19.6 Å². The van der Waals surface area contributed by atoms with Gasteiger partial charge in [0.1, 0.15) is 4.90 Å². The molecule has 30 heavy (non-hydrogen) atoms. The van der Waals surface area contributed by atoms with Crippen LogP contribution in [0.2, 0.25) is 0 Å². The van der Waals surface area contributed by atoms with Gasteiger partial charge in [0, 0.05) is 31.2 Å². The number of halogens is 1. The Hall–Kier alpha value is -1.99. The van der Waals surface area contributed by atoms with E-state index in [2.05, 4.69) is 38.9 Å². The molecule has 3 aromatic rings. The third-order valence-electron chi connectivity index (χ3n) is 5.54. The lowest BCUT2D eigenvalue weighted by atomic mass is 10.00. The van der Waals surface area contributed by atoms with Crippen LogP contribution in [0.3, 0.4) is 0 Å². The number of nitrogens with zero attached hydrogens (tertiary/aromatic N) is 2. The predicted octanol–water partition coefficient (Wildman–Crippen LogP) is 4.16. The summed E-state index contributed by atoms with van der Waals surface area (Å²) < 4.78 is 28.1. The van der Waals surface area contributed by atoms with Crippen LogP contribution in [0, 0.1) is 0 Å². The monoisotopic (exact) mass is 445 g/mol. The third kappa shape index (κ3) is 5.38. The molecule has 0 bridgehead atoms. The second kappa shape index (κ2) is 10.4. The van der Waals surface area contributed by atoms with Crippen LogP contribution < -0.4 is 4.72 Å². The molecule has 7 heteroatoms. The van der Waals surface area contributed by atoms with Crippen LogP contribution in [0.4, 0.5) is 0 Å². The van der Waals surface area contributed by atoms with Gasteiger partial charge in [0.15, 0.2) is 0 Å². The Balaban J connectivity index is 0.00000256. The Labute approximate surface area is 185 Å². The number of unbranched alkanes of at least 4 members (excludes halogenated alkanes) is 2. The molecule has 2 aromatic carbocycles. The zero-order valence-corrected chi connectivity index (χ0v) is 18.6. The van der Waals surface area contributed by atoms with Gasteiger partial charge in [-0.1, -0.05) is 48.9 Å². The molecule has 0 saturated carbocycles. The maximum Gasteiger partial charge on any atom is 0.242 e. The first kappa shape index (κ1) is 22.7. The maximum atomic E-state index is 12.7. The smallest absolute Gasteiger partial charge is 0.242 e. The van der Waals surface area contributed by atoms with Crippen LogP contribution in [-0.2, 0) is 23.0 Å². The molecule has 0 radical (unpaired) electrons. The first-order chi connectivity index (χ1) is 14.1. The van der Waals surface area contributed by atoms with Crippen molar-refractivity contribution in [3.8, 4) is 0 Å². The lowest BCUT2D eigenvalue weighted by Crippen LogP contribution is -2.31. The Morgan fingerprint density at radius 3 is 2.60 bits per heavy atom. The molecular formula is C23H28ClN3O2S. The van der Waals surface area contributed by atoms with Crippen molar-refractivity contribution in [3.05, 3.63) is 71.9 Å². The van der Waals surface area contributed by atoms with Gasteiger partial charge in [-0.15, -0.1) is 12.4 Å². The maximum absolute atomic E-state index is 12.7. The van der Waals surface area contributed by atoms with E-state index in [1.54, 1.807) is 18.3 Å². The number of para-hydroxylation sites is 1. The predicted molar refractivity (Wildman–Crippen MR) is 123 cm³/mol. The van der Waals surface area contributed by atoms with Crippen molar-refractivity contribution >= 4 is 33.3 Å². The lowest BCUT2D eigenvalue weighted by Gasteiger charge is -2.28. The summed E-state index contributed by atoms with van der Waals surface area (Å²) >= 11 is 0. The average molecular weight is 446 g/mol. The largest absolute Gasteiger partial charge is 0.299 e. The van der Waals surface area contributed by atoms with E-state index in [-0.39, 0.29) is 17.3 Å². The highest BCUT2D eigenvalue weighted by molar-refractivity contribution is 7.89. The SMILES string of the molecule is Cl.O=S(=O)(NCCCCCN1CCc2ccccc2C1)c1cccc2cccnc12. The van der Waals surface area contributed by atoms with Gasteiger partial charge in [-0.2, -0.15) is 0 Å². The van der Waals surface area contributed by atoms with Crippen LogP contribution in [0.5, 0.6) is 0 Å². The fourth-order valence-corrected chi connectivity index (χ4v) is 5.21. The number of sulfonamides is 1. The molecule has 0 aliphatic carbocycles. The van der Waals surface area contributed by atoms with Crippen molar-refractivity contribution in [3.63, 3.8) is 0 Å². The minimum absolute atomic E-state index is 0. The number of rotatable bonds is 8. The highest BCUT2D eigenvalue weighted by Crippen LogP contribution is 2.21. The molecule has 0 atom stereocenters. The van der Waals surface area contributed by atoms with Gasteiger partial charge in [-0.3, -0.25) is 9.88 Å². The Bertz CT molecular complexity index is 1080. The minimum atomic E-state index is -3.55. The molecule has 160 valence electrons. The fourth-order valence-electron chi connectivity index (χ4n) is 3.96.